The van der Waals surface area contributed by atoms with E-state index in [0.717, 1.165) is 12.0 Å². The molecule has 0 bridgehead atoms. The molecule has 0 aliphatic carbocycles. The monoisotopic (exact) mass is 180 g/mol. The molecule has 2 heteroatoms. The minimum absolute atomic E-state index is 0.190. The Morgan fingerprint density at radius 3 is 3.08 bits per heavy atom. The van der Waals surface area contributed by atoms with Crippen LogP contribution >= 0.6 is 11.3 Å². The summed E-state index contributed by atoms with van der Waals surface area (Å²) >= 11 is 1.63. The molecule has 1 aromatic rings. The predicted octanol–water partition coefficient (Wildman–Crippen LogP) is 2.83. The minimum Gasteiger partial charge on any atom is -0.294 e. The lowest BCUT2D eigenvalue weighted by molar-refractivity contribution is -0.114. The number of rotatable bonds is 4. The summed E-state index contributed by atoms with van der Waals surface area (Å²) in [6.45, 7) is 2.02. The number of allylic oxidation sites excluding steroid dienone is 2. The first-order chi connectivity index (χ1) is 5.83. The molecule has 0 fully saturated rings. The minimum atomic E-state index is 0.190. The Kier molecular flexibility index (Phi) is 3.74. The molecule has 12 heavy (non-hydrogen) atoms. The third-order valence-corrected chi connectivity index (χ3v) is 2.23. The fraction of sp³-hybridized carbons (Fsp3) is 0.300. The largest absolute Gasteiger partial charge is 0.294 e. The lowest BCUT2D eigenvalue weighted by Gasteiger charge is -1.90. The highest BCUT2D eigenvalue weighted by Gasteiger charge is 1.98. The average molecular weight is 180 g/mol. The molecule has 1 rings (SSSR count). The number of thiophene rings is 1. The molecule has 64 valence electrons. The van der Waals surface area contributed by atoms with Crippen molar-refractivity contribution >= 4 is 17.1 Å². The SMILES string of the molecule is CC/C=C/C(=O)Cc1ccsc1. The lowest BCUT2D eigenvalue weighted by Crippen LogP contribution is -1.96. The van der Waals surface area contributed by atoms with Gasteiger partial charge in [-0.3, -0.25) is 4.79 Å². The van der Waals surface area contributed by atoms with Crippen LogP contribution in [0.25, 0.3) is 0 Å². The smallest absolute Gasteiger partial charge is 0.159 e. The van der Waals surface area contributed by atoms with E-state index in [1.165, 1.54) is 0 Å². The van der Waals surface area contributed by atoms with Gasteiger partial charge in [0, 0.05) is 6.42 Å². The summed E-state index contributed by atoms with van der Waals surface area (Å²) in [5.41, 5.74) is 1.12. The highest BCUT2D eigenvalue weighted by molar-refractivity contribution is 7.07. The molecule has 0 aromatic carbocycles. The second-order valence-corrected chi connectivity index (χ2v) is 3.37. The van der Waals surface area contributed by atoms with Crippen LogP contribution in [0.2, 0.25) is 0 Å². The van der Waals surface area contributed by atoms with Gasteiger partial charge in [-0.05, 0) is 34.9 Å². The highest BCUT2D eigenvalue weighted by atomic mass is 32.1. The van der Waals surface area contributed by atoms with Gasteiger partial charge in [-0.1, -0.05) is 13.0 Å². The van der Waals surface area contributed by atoms with Gasteiger partial charge in [0.25, 0.3) is 0 Å². The van der Waals surface area contributed by atoms with E-state index in [0.29, 0.717) is 6.42 Å². The number of carbonyl (C=O) groups excluding carboxylic acids is 1. The Labute approximate surface area is 76.7 Å². The summed E-state index contributed by atoms with van der Waals surface area (Å²) in [6.07, 6.45) is 5.03. The van der Waals surface area contributed by atoms with Crippen molar-refractivity contribution in [3.63, 3.8) is 0 Å². The van der Waals surface area contributed by atoms with E-state index in [1.54, 1.807) is 17.4 Å². The van der Waals surface area contributed by atoms with Crippen molar-refractivity contribution in [3.8, 4) is 0 Å². The molecular formula is C10H12OS. The molecule has 0 spiro atoms. The number of hydrogen-bond acceptors (Lipinski definition) is 2. The van der Waals surface area contributed by atoms with E-state index in [2.05, 4.69) is 0 Å². The predicted molar refractivity (Wildman–Crippen MR) is 52.5 cm³/mol. The zero-order valence-electron chi connectivity index (χ0n) is 7.12. The molecule has 0 aliphatic heterocycles. The number of ketones is 1. The fourth-order valence-corrected chi connectivity index (χ4v) is 1.57. The van der Waals surface area contributed by atoms with Gasteiger partial charge in [-0.15, -0.1) is 0 Å². The maximum Gasteiger partial charge on any atom is 0.159 e. The number of hydrogen-bond donors (Lipinski definition) is 0. The summed E-state index contributed by atoms with van der Waals surface area (Å²) in [7, 11) is 0. The van der Waals surface area contributed by atoms with Crippen molar-refractivity contribution in [1.82, 2.24) is 0 Å². The van der Waals surface area contributed by atoms with Crippen LogP contribution in [0.4, 0.5) is 0 Å². The summed E-state index contributed by atoms with van der Waals surface area (Å²) < 4.78 is 0. The molecule has 1 nitrogen and oxygen atoms in total. The molecule has 0 unspecified atom stereocenters. The van der Waals surface area contributed by atoms with Gasteiger partial charge >= 0.3 is 0 Å². The Morgan fingerprint density at radius 1 is 1.67 bits per heavy atom. The molecule has 1 heterocycles. The first kappa shape index (κ1) is 9.20. The van der Waals surface area contributed by atoms with Gasteiger partial charge in [0.05, 0.1) is 0 Å². The van der Waals surface area contributed by atoms with Gasteiger partial charge < -0.3 is 0 Å². The van der Waals surface area contributed by atoms with Crippen molar-refractivity contribution in [2.24, 2.45) is 0 Å². The molecule has 1 aromatic heterocycles. The normalized spacial score (nSPS) is 10.8. The van der Waals surface area contributed by atoms with Crippen molar-refractivity contribution in [3.05, 3.63) is 34.5 Å². The maximum atomic E-state index is 11.2. The third-order valence-electron chi connectivity index (χ3n) is 1.50. The van der Waals surface area contributed by atoms with E-state index in [1.807, 2.05) is 29.8 Å². The zero-order valence-corrected chi connectivity index (χ0v) is 7.93. The highest BCUT2D eigenvalue weighted by Crippen LogP contribution is 2.07. The van der Waals surface area contributed by atoms with Gasteiger partial charge in [-0.25, -0.2) is 0 Å². The number of carbonyl (C=O) groups is 1. The second-order valence-electron chi connectivity index (χ2n) is 2.59. The Hall–Kier alpha value is -0.890. The van der Waals surface area contributed by atoms with Crippen molar-refractivity contribution in [2.45, 2.75) is 19.8 Å². The zero-order chi connectivity index (χ0) is 8.81. The summed E-state index contributed by atoms with van der Waals surface area (Å²) in [4.78, 5) is 11.2. The van der Waals surface area contributed by atoms with Crippen molar-refractivity contribution in [2.75, 3.05) is 0 Å². The summed E-state index contributed by atoms with van der Waals surface area (Å²) in [5.74, 6) is 0.190. The van der Waals surface area contributed by atoms with E-state index >= 15 is 0 Å². The third kappa shape index (κ3) is 3.01. The van der Waals surface area contributed by atoms with Gasteiger partial charge in [0.15, 0.2) is 5.78 Å². The first-order valence-corrected chi connectivity index (χ1v) is 4.97. The lowest BCUT2D eigenvalue weighted by atomic mass is 10.1. The Bertz CT molecular complexity index is 259. The van der Waals surface area contributed by atoms with Crippen molar-refractivity contribution < 1.29 is 4.79 Å². The molecule has 0 saturated carbocycles. The first-order valence-electron chi connectivity index (χ1n) is 4.03. The van der Waals surface area contributed by atoms with E-state index in [-0.39, 0.29) is 5.78 Å². The van der Waals surface area contributed by atoms with Crippen LogP contribution in [0.15, 0.2) is 29.0 Å². The Morgan fingerprint density at radius 2 is 2.50 bits per heavy atom. The van der Waals surface area contributed by atoms with E-state index in [9.17, 15) is 4.79 Å². The van der Waals surface area contributed by atoms with Gasteiger partial charge in [-0.2, -0.15) is 11.3 Å². The maximum absolute atomic E-state index is 11.2. The molecule has 0 radical (unpaired) electrons. The molecule has 0 amide bonds. The average Bonchev–Trinajstić information content (AvgIpc) is 2.53. The van der Waals surface area contributed by atoms with Crippen LogP contribution < -0.4 is 0 Å². The second kappa shape index (κ2) is 4.88. The van der Waals surface area contributed by atoms with Crippen LogP contribution in [0.5, 0.6) is 0 Å². The van der Waals surface area contributed by atoms with Gasteiger partial charge in [0.2, 0.25) is 0 Å². The standard InChI is InChI=1S/C10H12OS/c1-2-3-4-10(11)7-9-5-6-12-8-9/h3-6,8H,2,7H2,1H3/b4-3+. The van der Waals surface area contributed by atoms with Crippen LogP contribution in [0.3, 0.4) is 0 Å². The topological polar surface area (TPSA) is 17.1 Å². The molecule has 0 saturated heterocycles. The molecule has 0 aliphatic rings. The molecule has 0 atom stereocenters. The summed E-state index contributed by atoms with van der Waals surface area (Å²) in [6, 6.07) is 1.99. The molecule has 0 N–H and O–H groups in total. The van der Waals surface area contributed by atoms with Gasteiger partial charge in [0.1, 0.15) is 0 Å². The molecular weight excluding hydrogens is 168 g/mol. The van der Waals surface area contributed by atoms with Crippen molar-refractivity contribution in [1.29, 1.82) is 0 Å². The van der Waals surface area contributed by atoms with Crippen LogP contribution in [-0.2, 0) is 11.2 Å². The van der Waals surface area contributed by atoms with Crippen LogP contribution in [0, 0.1) is 0 Å². The van der Waals surface area contributed by atoms with Crippen LogP contribution in [0.1, 0.15) is 18.9 Å². The quantitative estimate of drug-likeness (QED) is 0.651. The van der Waals surface area contributed by atoms with E-state index in [4.69, 9.17) is 0 Å². The fourth-order valence-electron chi connectivity index (χ4n) is 0.903. The van der Waals surface area contributed by atoms with E-state index < -0.39 is 0 Å². The van der Waals surface area contributed by atoms with Crippen LogP contribution in [-0.4, -0.2) is 5.78 Å². The summed E-state index contributed by atoms with van der Waals surface area (Å²) in [5, 5.41) is 4.00. The Balaban J connectivity index is 2.42.